The predicted octanol–water partition coefficient (Wildman–Crippen LogP) is 1.51. The maximum atomic E-state index is 12.1. The number of nitrogens with two attached hydrogens (primary N) is 1. The number of nitrogens with one attached hydrogen (secondary N) is 1. The standard InChI is InChI=1S/C17H22N2O5S/c18-14(21)13-10-5-1-2-6-11(10)25-15(13)19-12(20)9-24-16(22)17(23)7-3-4-8-17/h23H,1-9H2,(H2,18,21)(H,19,20). The van der Waals surface area contributed by atoms with Gasteiger partial charge in [-0.25, -0.2) is 4.79 Å². The van der Waals surface area contributed by atoms with Crippen molar-refractivity contribution in [1.29, 1.82) is 0 Å². The average Bonchev–Trinajstić information content (AvgIpc) is 3.16. The molecule has 1 aromatic heterocycles. The first kappa shape index (κ1) is 17.9. The number of amides is 2. The van der Waals surface area contributed by atoms with Gasteiger partial charge in [0.25, 0.3) is 11.8 Å². The fourth-order valence-electron chi connectivity index (χ4n) is 3.51. The molecule has 8 heteroatoms. The molecule has 2 aliphatic carbocycles. The van der Waals surface area contributed by atoms with Crippen molar-refractivity contribution < 1.29 is 24.2 Å². The molecule has 1 saturated carbocycles. The molecular weight excluding hydrogens is 344 g/mol. The van der Waals surface area contributed by atoms with Crippen LogP contribution in [0, 0.1) is 0 Å². The van der Waals surface area contributed by atoms with Gasteiger partial charge in [-0.3, -0.25) is 9.59 Å². The molecule has 0 saturated heterocycles. The second-order valence-electron chi connectivity index (χ2n) is 6.64. The summed E-state index contributed by atoms with van der Waals surface area (Å²) in [7, 11) is 0. The lowest BCUT2D eigenvalue weighted by Crippen LogP contribution is -2.38. The predicted molar refractivity (Wildman–Crippen MR) is 92.5 cm³/mol. The van der Waals surface area contributed by atoms with E-state index in [0.29, 0.717) is 23.4 Å². The number of anilines is 1. The Hall–Kier alpha value is -1.93. The van der Waals surface area contributed by atoms with Gasteiger partial charge in [0.15, 0.2) is 12.2 Å². The van der Waals surface area contributed by atoms with Gasteiger partial charge < -0.3 is 20.9 Å². The van der Waals surface area contributed by atoms with E-state index >= 15 is 0 Å². The highest BCUT2D eigenvalue weighted by Gasteiger charge is 2.40. The van der Waals surface area contributed by atoms with Crippen molar-refractivity contribution in [2.24, 2.45) is 5.73 Å². The zero-order chi connectivity index (χ0) is 18.0. The summed E-state index contributed by atoms with van der Waals surface area (Å²) in [5, 5.41) is 13.2. The Kier molecular flexibility index (Phi) is 5.10. The van der Waals surface area contributed by atoms with Crippen LogP contribution in [0.5, 0.6) is 0 Å². The lowest BCUT2D eigenvalue weighted by atomic mass is 9.95. The van der Waals surface area contributed by atoms with Gasteiger partial charge in [0.05, 0.1) is 5.56 Å². The summed E-state index contributed by atoms with van der Waals surface area (Å²) in [4.78, 5) is 36.9. The molecule has 2 amide bonds. The molecule has 1 fully saturated rings. The molecule has 0 aliphatic heterocycles. The SMILES string of the molecule is NC(=O)c1c(NC(=O)COC(=O)C2(O)CCCC2)sc2c1CCCC2. The van der Waals surface area contributed by atoms with Gasteiger partial charge in [-0.2, -0.15) is 0 Å². The van der Waals surface area contributed by atoms with Gasteiger partial charge >= 0.3 is 5.97 Å². The molecule has 0 spiro atoms. The minimum absolute atomic E-state index is 0.358. The number of primary amides is 1. The normalized spacial score (nSPS) is 18.4. The molecule has 1 aromatic rings. The topological polar surface area (TPSA) is 119 Å². The van der Waals surface area contributed by atoms with Gasteiger partial charge in [0.1, 0.15) is 5.00 Å². The van der Waals surface area contributed by atoms with Gasteiger partial charge in [-0.05, 0) is 56.9 Å². The third-order valence-corrected chi connectivity index (χ3v) is 6.02. The molecular formula is C17H22N2O5S. The number of thiophene rings is 1. The first-order valence-electron chi connectivity index (χ1n) is 8.54. The van der Waals surface area contributed by atoms with Crippen LogP contribution >= 0.6 is 11.3 Å². The van der Waals surface area contributed by atoms with Gasteiger partial charge in [0.2, 0.25) is 0 Å². The van der Waals surface area contributed by atoms with Crippen LogP contribution in [0.15, 0.2) is 0 Å². The number of rotatable bonds is 5. The van der Waals surface area contributed by atoms with Crippen LogP contribution in [0.3, 0.4) is 0 Å². The number of aryl methyl sites for hydroxylation is 1. The maximum absolute atomic E-state index is 12.1. The summed E-state index contributed by atoms with van der Waals surface area (Å²) in [5.41, 5.74) is 5.30. The summed E-state index contributed by atoms with van der Waals surface area (Å²) >= 11 is 1.35. The zero-order valence-electron chi connectivity index (χ0n) is 13.9. The Balaban J connectivity index is 1.64. The zero-order valence-corrected chi connectivity index (χ0v) is 14.7. The molecule has 0 atom stereocenters. The number of carbonyl (C=O) groups is 3. The fourth-order valence-corrected chi connectivity index (χ4v) is 4.82. The molecule has 25 heavy (non-hydrogen) atoms. The van der Waals surface area contributed by atoms with Crippen molar-refractivity contribution in [3.63, 3.8) is 0 Å². The molecule has 0 bridgehead atoms. The number of hydrogen-bond acceptors (Lipinski definition) is 6. The highest BCUT2D eigenvalue weighted by atomic mass is 32.1. The van der Waals surface area contributed by atoms with Gasteiger partial charge in [0, 0.05) is 4.88 Å². The van der Waals surface area contributed by atoms with Gasteiger partial charge in [-0.15, -0.1) is 11.3 Å². The number of hydrogen-bond donors (Lipinski definition) is 3. The third-order valence-electron chi connectivity index (χ3n) is 4.82. The first-order chi connectivity index (χ1) is 11.9. The maximum Gasteiger partial charge on any atom is 0.338 e. The second kappa shape index (κ2) is 7.13. The van der Waals surface area contributed by atoms with Crippen LogP contribution in [0.2, 0.25) is 0 Å². The van der Waals surface area contributed by atoms with Crippen LogP contribution in [-0.2, 0) is 27.2 Å². The third kappa shape index (κ3) is 3.69. The molecule has 0 aromatic carbocycles. The minimum Gasteiger partial charge on any atom is -0.453 e. The largest absolute Gasteiger partial charge is 0.453 e. The average molecular weight is 366 g/mol. The Labute approximate surface area is 149 Å². The van der Waals surface area contributed by atoms with Crippen molar-refractivity contribution in [2.45, 2.75) is 57.0 Å². The molecule has 4 N–H and O–H groups in total. The van der Waals surface area contributed by atoms with Crippen LogP contribution in [-0.4, -0.2) is 35.1 Å². The highest BCUT2D eigenvalue weighted by molar-refractivity contribution is 7.17. The van der Waals surface area contributed by atoms with E-state index in [1.807, 2.05) is 0 Å². The Morgan fingerprint density at radius 1 is 1.16 bits per heavy atom. The number of aliphatic hydroxyl groups is 1. The van der Waals surface area contributed by atoms with Crippen molar-refractivity contribution in [2.75, 3.05) is 11.9 Å². The Morgan fingerprint density at radius 3 is 2.52 bits per heavy atom. The molecule has 0 radical (unpaired) electrons. The summed E-state index contributed by atoms with van der Waals surface area (Å²) < 4.78 is 4.95. The fraction of sp³-hybridized carbons (Fsp3) is 0.588. The van der Waals surface area contributed by atoms with Crippen molar-refractivity contribution in [3.8, 4) is 0 Å². The number of esters is 1. The highest BCUT2D eigenvalue weighted by Crippen LogP contribution is 2.38. The Morgan fingerprint density at radius 2 is 1.84 bits per heavy atom. The molecule has 1 heterocycles. The summed E-state index contributed by atoms with van der Waals surface area (Å²) in [6.45, 7) is -0.498. The van der Waals surface area contributed by atoms with Crippen molar-refractivity contribution in [3.05, 3.63) is 16.0 Å². The van der Waals surface area contributed by atoms with E-state index in [2.05, 4.69) is 5.32 Å². The summed E-state index contributed by atoms with van der Waals surface area (Å²) in [6, 6.07) is 0. The minimum atomic E-state index is -1.47. The quantitative estimate of drug-likeness (QED) is 0.683. The lowest BCUT2D eigenvalue weighted by Gasteiger charge is -2.19. The van der Waals surface area contributed by atoms with E-state index in [-0.39, 0.29) is 0 Å². The van der Waals surface area contributed by atoms with E-state index in [1.165, 1.54) is 11.3 Å². The lowest BCUT2D eigenvalue weighted by molar-refractivity contribution is -0.166. The van der Waals surface area contributed by atoms with E-state index < -0.39 is 30.0 Å². The number of carbonyl (C=O) groups excluding carboxylic acids is 3. The molecule has 136 valence electrons. The number of ether oxygens (including phenoxy) is 1. The van der Waals surface area contributed by atoms with E-state index in [0.717, 1.165) is 49.0 Å². The Bertz CT molecular complexity index is 706. The van der Waals surface area contributed by atoms with Crippen LogP contribution in [0.25, 0.3) is 0 Å². The molecule has 7 nitrogen and oxygen atoms in total. The van der Waals surface area contributed by atoms with Crippen LogP contribution in [0.4, 0.5) is 5.00 Å². The van der Waals surface area contributed by atoms with Crippen molar-refractivity contribution in [1.82, 2.24) is 0 Å². The van der Waals surface area contributed by atoms with Crippen LogP contribution < -0.4 is 11.1 Å². The van der Waals surface area contributed by atoms with Crippen LogP contribution in [0.1, 0.15) is 59.3 Å². The summed E-state index contributed by atoms with van der Waals surface area (Å²) in [6.07, 6.45) is 5.94. The second-order valence-corrected chi connectivity index (χ2v) is 7.75. The van der Waals surface area contributed by atoms with Crippen molar-refractivity contribution >= 4 is 34.1 Å². The smallest absolute Gasteiger partial charge is 0.338 e. The molecule has 3 rings (SSSR count). The molecule has 0 unspecified atom stereocenters. The molecule has 2 aliphatic rings. The van der Waals surface area contributed by atoms with Gasteiger partial charge in [-0.1, -0.05) is 0 Å². The first-order valence-corrected chi connectivity index (χ1v) is 9.36. The monoisotopic (exact) mass is 366 g/mol. The summed E-state index contributed by atoms with van der Waals surface area (Å²) in [5.74, 6) is -1.87. The van der Waals surface area contributed by atoms with E-state index in [9.17, 15) is 19.5 Å². The number of fused-ring (bicyclic) bond motifs is 1. The van der Waals surface area contributed by atoms with E-state index in [4.69, 9.17) is 10.5 Å². The van der Waals surface area contributed by atoms with E-state index in [1.54, 1.807) is 0 Å².